The molecule has 1 unspecified atom stereocenters. The maximum atomic E-state index is 11.6. The largest absolute Gasteiger partial charge is 0.481 e. The van der Waals surface area contributed by atoms with E-state index in [1.807, 2.05) is 19.1 Å². The second kappa shape index (κ2) is 9.43. The molecular formula is C15H22Br2N2O2. The smallest absolute Gasteiger partial charge is 0.257 e. The lowest BCUT2D eigenvalue weighted by molar-refractivity contribution is -0.123. The Labute approximate surface area is 143 Å². The van der Waals surface area contributed by atoms with Gasteiger partial charge >= 0.3 is 0 Å². The van der Waals surface area contributed by atoms with Gasteiger partial charge in [-0.15, -0.1) is 0 Å². The summed E-state index contributed by atoms with van der Waals surface area (Å²) in [4.78, 5) is 11.6. The monoisotopic (exact) mass is 420 g/mol. The summed E-state index contributed by atoms with van der Waals surface area (Å²) in [6.07, 6.45) is 2.82. The van der Waals surface area contributed by atoms with Crippen LogP contribution >= 0.6 is 31.9 Å². The number of hydrogen-bond donors (Lipinski definition) is 2. The van der Waals surface area contributed by atoms with Gasteiger partial charge in [0.25, 0.3) is 5.91 Å². The van der Waals surface area contributed by atoms with Crippen molar-refractivity contribution < 1.29 is 9.53 Å². The maximum absolute atomic E-state index is 11.6. The minimum Gasteiger partial charge on any atom is -0.481 e. The summed E-state index contributed by atoms with van der Waals surface area (Å²) in [5, 5.41) is 2.82. The van der Waals surface area contributed by atoms with Gasteiger partial charge in [0.15, 0.2) is 6.61 Å². The van der Waals surface area contributed by atoms with E-state index >= 15 is 0 Å². The van der Waals surface area contributed by atoms with Crippen molar-refractivity contribution in [1.82, 2.24) is 5.32 Å². The molecule has 0 fully saturated rings. The van der Waals surface area contributed by atoms with Crippen LogP contribution in [0.3, 0.4) is 0 Å². The fourth-order valence-corrected chi connectivity index (χ4v) is 3.34. The SMILES string of the molecule is CCCCNC(=O)COc1c(Br)cc(CC(C)N)cc1Br. The molecule has 118 valence electrons. The van der Waals surface area contributed by atoms with E-state index in [2.05, 4.69) is 44.1 Å². The van der Waals surface area contributed by atoms with Gasteiger partial charge in [-0.3, -0.25) is 4.79 Å². The van der Waals surface area contributed by atoms with Gasteiger partial charge in [0, 0.05) is 12.6 Å². The predicted molar refractivity (Wildman–Crippen MR) is 92.6 cm³/mol. The van der Waals surface area contributed by atoms with Crippen molar-refractivity contribution in [2.45, 2.75) is 39.2 Å². The van der Waals surface area contributed by atoms with Crippen LogP contribution in [0.5, 0.6) is 5.75 Å². The third kappa shape index (κ3) is 6.80. The van der Waals surface area contributed by atoms with Crippen LogP contribution in [0.15, 0.2) is 21.1 Å². The highest BCUT2D eigenvalue weighted by atomic mass is 79.9. The Kier molecular flexibility index (Phi) is 8.29. The summed E-state index contributed by atoms with van der Waals surface area (Å²) in [5.74, 6) is 0.524. The molecule has 4 nitrogen and oxygen atoms in total. The summed E-state index contributed by atoms with van der Waals surface area (Å²) in [6, 6.07) is 4.04. The molecule has 6 heteroatoms. The van der Waals surface area contributed by atoms with E-state index in [9.17, 15) is 4.79 Å². The first-order chi connectivity index (χ1) is 9.93. The molecule has 0 heterocycles. The molecule has 0 spiro atoms. The number of nitrogens with one attached hydrogen (secondary N) is 1. The lowest BCUT2D eigenvalue weighted by atomic mass is 10.1. The zero-order valence-corrected chi connectivity index (χ0v) is 15.6. The Morgan fingerprint density at radius 1 is 1.38 bits per heavy atom. The second-order valence-electron chi connectivity index (χ2n) is 5.06. The lowest BCUT2D eigenvalue weighted by Gasteiger charge is -2.13. The molecular weight excluding hydrogens is 400 g/mol. The highest BCUT2D eigenvalue weighted by Gasteiger charge is 2.12. The minimum absolute atomic E-state index is 0.00749. The standard InChI is InChI=1S/C15H22Br2N2O2/c1-3-4-5-19-14(20)9-21-15-12(16)7-11(6-10(2)18)8-13(15)17/h7-8,10H,3-6,9,18H2,1-2H3,(H,19,20). The van der Waals surface area contributed by atoms with Crippen LogP contribution in [-0.2, 0) is 11.2 Å². The summed E-state index contributed by atoms with van der Waals surface area (Å²) in [6.45, 7) is 4.75. The van der Waals surface area contributed by atoms with Crippen LogP contribution in [-0.4, -0.2) is 25.1 Å². The quantitative estimate of drug-likeness (QED) is 0.632. The highest BCUT2D eigenvalue weighted by molar-refractivity contribution is 9.11. The van der Waals surface area contributed by atoms with Gasteiger partial charge in [-0.25, -0.2) is 0 Å². The van der Waals surface area contributed by atoms with Crippen molar-refractivity contribution >= 4 is 37.8 Å². The van der Waals surface area contributed by atoms with Crippen LogP contribution in [0.2, 0.25) is 0 Å². The average molecular weight is 422 g/mol. The third-order valence-electron chi connectivity index (χ3n) is 2.82. The highest BCUT2D eigenvalue weighted by Crippen LogP contribution is 2.35. The van der Waals surface area contributed by atoms with Crippen molar-refractivity contribution in [1.29, 1.82) is 0 Å². The van der Waals surface area contributed by atoms with Crippen LogP contribution in [0, 0.1) is 0 Å². The number of unbranched alkanes of at least 4 members (excludes halogenated alkanes) is 1. The molecule has 1 aromatic carbocycles. The van der Waals surface area contributed by atoms with E-state index < -0.39 is 0 Å². The molecule has 21 heavy (non-hydrogen) atoms. The molecule has 0 aliphatic carbocycles. The van der Waals surface area contributed by atoms with Gasteiger partial charge < -0.3 is 15.8 Å². The van der Waals surface area contributed by atoms with Crippen molar-refractivity contribution in [2.24, 2.45) is 5.73 Å². The fraction of sp³-hybridized carbons (Fsp3) is 0.533. The summed E-state index contributed by atoms with van der Waals surface area (Å²) in [7, 11) is 0. The molecule has 0 radical (unpaired) electrons. The van der Waals surface area contributed by atoms with Crippen molar-refractivity contribution in [2.75, 3.05) is 13.2 Å². The van der Waals surface area contributed by atoms with E-state index in [1.54, 1.807) is 0 Å². The Hall–Kier alpha value is -0.590. The number of carbonyl (C=O) groups excluding carboxylic acids is 1. The second-order valence-corrected chi connectivity index (χ2v) is 6.77. The maximum Gasteiger partial charge on any atom is 0.257 e. The zero-order valence-electron chi connectivity index (χ0n) is 12.4. The Balaban J connectivity index is 2.61. The summed E-state index contributed by atoms with van der Waals surface area (Å²) < 4.78 is 7.21. The Bertz CT molecular complexity index is 456. The molecule has 0 aromatic heterocycles. The Morgan fingerprint density at radius 3 is 2.52 bits per heavy atom. The fourth-order valence-electron chi connectivity index (χ4n) is 1.83. The molecule has 0 aliphatic heterocycles. The molecule has 0 bridgehead atoms. The molecule has 0 saturated heterocycles. The van der Waals surface area contributed by atoms with Gasteiger partial charge in [0.2, 0.25) is 0 Å². The molecule has 0 saturated carbocycles. The van der Waals surface area contributed by atoms with E-state index in [0.717, 1.165) is 33.8 Å². The molecule has 1 aromatic rings. The van der Waals surface area contributed by atoms with Gasteiger partial charge in [-0.05, 0) is 69.3 Å². The first-order valence-electron chi connectivity index (χ1n) is 7.07. The summed E-state index contributed by atoms with van der Waals surface area (Å²) >= 11 is 6.95. The molecule has 1 atom stereocenters. The Morgan fingerprint density at radius 2 is 2.00 bits per heavy atom. The first kappa shape index (κ1) is 18.5. The number of hydrogen-bond acceptors (Lipinski definition) is 3. The van der Waals surface area contributed by atoms with Crippen LogP contribution in [0.1, 0.15) is 32.3 Å². The normalized spacial score (nSPS) is 12.0. The summed E-state index contributed by atoms with van der Waals surface area (Å²) in [5.41, 5.74) is 6.92. The number of rotatable bonds is 8. The molecule has 3 N–H and O–H groups in total. The van der Waals surface area contributed by atoms with Crippen molar-refractivity contribution in [3.63, 3.8) is 0 Å². The third-order valence-corrected chi connectivity index (χ3v) is 3.99. The van der Waals surface area contributed by atoms with Gasteiger partial charge in [0.05, 0.1) is 8.95 Å². The molecule has 0 aliphatic rings. The van der Waals surface area contributed by atoms with Crippen LogP contribution < -0.4 is 15.8 Å². The molecule has 1 rings (SSSR count). The number of amides is 1. The first-order valence-corrected chi connectivity index (χ1v) is 8.65. The van der Waals surface area contributed by atoms with E-state index in [4.69, 9.17) is 10.5 Å². The van der Waals surface area contributed by atoms with Gasteiger partial charge in [0.1, 0.15) is 5.75 Å². The lowest BCUT2D eigenvalue weighted by Crippen LogP contribution is -2.29. The number of carbonyl (C=O) groups is 1. The van der Waals surface area contributed by atoms with Crippen molar-refractivity contribution in [3.8, 4) is 5.75 Å². The molecule has 1 amide bonds. The zero-order chi connectivity index (χ0) is 15.8. The number of ether oxygens (including phenoxy) is 1. The van der Waals surface area contributed by atoms with E-state index in [0.29, 0.717) is 12.3 Å². The van der Waals surface area contributed by atoms with Crippen LogP contribution in [0.4, 0.5) is 0 Å². The number of benzene rings is 1. The van der Waals surface area contributed by atoms with Gasteiger partial charge in [-0.1, -0.05) is 13.3 Å². The van der Waals surface area contributed by atoms with Crippen LogP contribution in [0.25, 0.3) is 0 Å². The van der Waals surface area contributed by atoms with E-state index in [1.165, 1.54) is 0 Å². The number of nitrogens with two attached hydrogens (primary N) is 1. The predicted octanol–water partition coefficient (Wildman–Crippen LogP) is 3.40. The van der Waals surface area contributed by atoms with Crippen molar-refractivity contribution in [3.05, 3.63) is 26.6 Å². The minimum atomic E-state index is -0.109. The topological polar surface area (TPSA) is 64.3 Å². The number of halogens is 2. The van der Waals surface area contributed by atoms with Gasteiger partial charge in [-0.2, -0.15) is 0 Å². The average Bonchev–Trinajstić information content (AvgIpc) is 2.37. The van der Waals surface area contributed by atoms with E-state index in [-0.39, 0.29) is 18.6 Å².